The zero-order valence-electron chi connectivity index (χ0n) is 13.0. The van der Waals surface area contributed by atoms with Gasteiger partial charge in [0.2, 0.25) is 5.91 Å². The molecule has 2 N–H and O–H groups in total. The normalized spacial score (nSPS) is 22.2. The number of aliphatic hydroxyl groups is 1. The van der Waals surface area contributed by atoms with Crippen LogP contribution >= 0.6 is 11.6 Å². The van der Waals surface area contributed by atoms with Crippen molar-refractivity contribution in [3.05, 3.63) is 70.7 Å². The molecule has 0 aromatic heterocycles. The van der Waals surface area contributed by atoms with Gasteiger partial charge in [0.05, 0.1) is 6.54 Å². The maximum absolute atomic E-state index is 12.3. The summed E-state index contributed by atoms with van der Waals surface area (Å²) in [7, 11) is 0. The Morgan fingerprint density at radius 3 is 2.57 bits per heavy atom. The van der Waals surface area contributed by atoms with Crippen LogP contribution in [0.15, 0.2) is 54.6 Å². The molecule has 0 aliphatic heterocycles. The molecule has 23 heavy (non-hydrogen) atoms. The Morgan fingerprint density at radius 2 is 1.87 bits per heavy atom. The number of halogens is 1. The van der Waals surface area contributed by atoms with Crippen molar-refractivity contribution in [2.45, 2.75) is 24.9 Å². The average Bonchev–Trinajstić information content (AvgIpc) is 3.34. The van der Waals surface area contributed by atoms with Gasteiger partial charge in [0.1, 0.15) is 5.60 Å². The van der Waals surface area contributed by atoms with Crippen molar-refractivity contribution >= 4 is 17.5 Å². The number of rotatable bonds is 5. The molecule has 3 unspecified atom stereocenters. The highest BCUT2D eigenvalue weighted by molar-refractivity contribution is 6.31. The second-order valence-electron chi connectivity index (χ2n) is 6.33. The van der Waals surface area contributed by atoms with Gasteiger partial charge in [-0.25, -0.2) is 0 Å². The van der Waals surface area contributed by atoms with Crippen molar-refractivity contribution in [3.8, 4) is 0 Å². The smallest absolute Gasteiger partial charge is 0.223 e. The summed E-state index contributed by atoms with van der Waals surface area (Å²) in [6.07, 6.45) is 0.809. The number of carbonyl (C=O) groups excluding carboxylic acids is 1. The second-order valence-corrected chi connectivity index (χ2v) is 6.74. The maximum atomic E-state index is 12.3. The third kappa shape index (κ3) is 3.57. The fourth-order valence-electron chi connectivity index (χ4n) is 2.89. The lowest BCUT2D eigenvalue weighted by Crippen LogP contribution is -2.39. The van der Waals surface area contributed by atoms with Gasteiger partial charge in [-0.2, -0.15) is 0 Å². The molecule has 3 rings (SSSR count). The fraction of sp³-hybridized carbons (Fsp3) is 0.316. The Balaban J connectivity index is 1.58. The first kappa shape index (κ1) is 16.0. The zero-order valence-corrected chi connectivity index (χ0v) is 13.8. The molecule has 2 aromatic carbocycles. The van der Waals surface area contributed by atoms with Gasteiger partial charge in [-0.3, -0.25) is 4.79 Å². The lowest BCUT2D eigenvalue weighted by Gasteiger charge is -2.24. The molecule has 1 aliphatic rings. The number of amides is 1. The Hall–Kier alpha value is -1.84. The van der Waals surface area contributed by atoms with E-state index in [4.69, 9.17) is 11.6 Å². The minimum atomic E-state index is -1.08. The van der Waals surface area contributed by atoms with E-state index < -0.39 is 5.60 Å². The molecule has 0 spiro atoms. The summed E-state index contributed by atoms with van der Waals surface area (Å²) in [6, 6.07) is 17.0. The van der Waals surface area contributed by atoms with Crippen molar-refractivity contribution in [2.24, 2.45) is 5.92 Å². The fourth-order valence-corrected chi connectivity index (χ4v) is 3.17. The molecule has 3 nitrogen and oxygen atoms in total. The van der Waals surface area contributed by atoms with E-state index in [1.807, 2.05) is 54.6 Å². The van der Waals surface area contributed by atoms with Crippen LogP contribution in [0.2, 0.25) is 5.02 Å². The summed E-state index contributed by atoms with van der Waals surface area (Å²) in [6.45, 7) is 1.91. The topological polar surface area (TPSA) is 49.3 Å². The van der Waals surface area contributed by atoms with Crippen molar-refractivity contribution < 1.29 is 9.90 Å². The average molecular weight is 330 g/mol. The third-order valence-electron chi connectivity index (χ3n) is 4.43. The van der Waals surface area contributed by atoms with Crippen LogP contribution in [0, 0.1) is 5.92 Å². The van der Waals surface area contributed by atoms with E-state index in [1.54, 1.807) is 6.92 Å². The van der Waals surface area contributed by atoms with Crippen molar-refractivity contribution in [1.82, 2.24) is 5.32 Å². The van der Waals surface area contributed by atoms with Crippen LogP contribution in [0.4, 0.5) is 0 Å². The van der Waals surface area contributed by atoms with Gasteiger partial charge in [-0.1, -0.05) is 60.1 Å². The number of carbonyl (C=O) groups is 1. The third-order valence-corrected chi connectivity index (χ3v) is 4.78. The highest BCUT2D eigenvalue weighted by Gasteiger charge is 2.45. The van der Waals surface area contributed by atoms with Crippen LogP contribution in [0.1, 0.15) is 30.4 Å². The van der Waals surface area contributed by atoms with E-state index in [9.17, 15) is 9.90 Å². The van der Waals surface area contributed by atoms with Gasteiger partial charge < -0.3 is 10.4 Å². The summed E-state index contributed by atoms with van der Waals surface area (Å²) in [4.78, 5) is 12.3. The van der Waals surface area contributed by atoms with Gasteiger partial charge >= 0.3 is 0 Å². The predicted octanol–water partition coefficient (Wildman–Crippen LogP) is 3.47. The van der Waals surface area contributed by atoms with Crippen LogP contribution in [-0.4, -0.2) is 17.6 Å². The molecular formula is C19H20ClNO2. The standard InChI is InChI=1S/C19H20ClNO2/c1-19(23,13-7-3-2-4-8-13)12-21-18(22)16-11-15(16)14-9-5-6-10-17(14)20/h2-10,15-16,23H,11-12H2,1H3,(H,21,22). The molecular weight excluding hydrogens is 310 g/mol. The van der Waals surface area contributed by atoms with Crippen molar-refractivity contribution in [2.75, 3.05) is 6.54 Å². The minimum Gasteiger partial charge on any atom is -0.384 e. The van der Waals surface area contributed by atoms with E-state index >= 15 is 0 Å². The molecule has 0 radical (unpaired) electrons. The number of benzene rings is 2. The molecule has 3 atom stereocenters. The molecule has 0 bridgehead atoms. The van der Waals surface area contributed by atoms with Crippen LogP contribution in [0.25, 0.3) is 0 Å². The van der Waals surface area contributed by atoms with E-state index in [0.717, 1.165) is 17.5 Å². The molecule has 120 valence electrons. The van der Waals surface area contributed by atoms with Crippen molar-refractivity contribution in [1.29, 1.82) is 0 Å². The zero-order chi connectivity index (χ0) is 16.4. The number of hydrogen-bond acceptors (Lipinski definition) is 2. The van der Waals surface area contributed by atoms with E-state index in [1.165, 1.54) is 0 Å². The van der Waals surface area contributed by atoms with Crippen LogP contribution in [0.5, 0.6) is 0 Å². The molecule has 0 heterocycles. The van der Waals surface area contributed by atoms with Crippen LogP contribution in [-0.2, 0) is 10.4 Å². The predicted molar refractivity (Wildman–Crippen MR) is 91.3 cm³/mol. The molecule has 2 aromatic rings. The SMILES string of the molecule is CC(O)(CNC(=O)C1CC1c1ccccc1Cl)c1ccccc1. The number of hydrogen-bond donors (Lipinski definition) is 2. The van der Waals surface area contributed by atoms with E-state index in [0.29, 0.717) is 5.02 Å². The largest absolute Gasteiger partial charge is 0.384 e. The summed E-state index contributed by atoms with van der Waals surface area (Å²) in [5.41, 5.74) is 0.744. The molecule has 1 aliphatic carbocycles. The first-order chi connectivity index (χ1) is 11.0. The number of nitrogens with one attached hydrogen (secondary N) is 1. The van der Waals surface area contributed by atoms with Gasteiger partial charge in [0.15, 0.2) is 0 Å². The molecule has 4 heteroatoms. The Bertz CT molecular complexity index is 700. The highest BCUT2D eigenvalue weighted by Crippen LogP contribution is 2.49. The van der Waals surface area contributed by atoms with Crippen molar-refractivity contribution in [3.63, 3.8) is 0 Å². The summed E-state index contributed by atoms with van der Waals surface area (Å²) in [5.74, 6) is 0.109. The van der Waals surface area contributed by atoms with E-state index in [-0.39, 0.29) is 24.3 Å². The summed E-state index contributed by atoms with van der Waals surface area (Å²) >= 11 is 6.19. The lowest BCUT2D eigenvalue weighted by molar-refractivity contribution is -0.123. The molecule has 0 saturated heterocycles. The van der Waals surface area contributed by atoms with Crippen LogP contribution in [0.3, 0.4) is 0 Å². The quantitative estimate of drug-likeness (QED) is 0.882. The Kier molecular flexibility index (Phi) is 4.42. The van der Waals surface area contributed by atoms with Gasteiger partial charge in [-0.15, -0.1) is 0 Å². The molecule has 1 saturated carbocycles. The lowest BCUT2D eigenvalue weighted by atomic mass is 9.96. The van der Waals surface area contributed by atoms with Crippen LogP contribution < -0.4 is 5.32 Å². The van der Waals surface area contributed by atoms with Gasteiger partial charge in [0, 0.05) is 10.9 Å². The summed E-state index contributed by atoms with van der Waals surface area (Å²) < 4.78 is 0. The first-order valence-corrected chi connectivity index (χ1v) is 8.17. The van der Waals surface area contributed by atoms with E-state index in [2.05, 4.69) is 5.32 Å². The Labute approximate surface area is 141 Å². The molecule has 1 amide bonds. The second kappa shape index (κ2) is 6.34. The van der Waals surface area contributed by atoms with Gasteiger partial charge in [-0.05, 0) is 36.5 Å². The van der Waals surface area contributed by atoms with Gasteiger partial charge in [0.25, 0.3) is 0 Å². The monoisotopic (exact) mass is 329 g/mol. The maximum Gasteiger partial charge on any atom is 0.223 e. The summed E-state index contributed by atoms with van der Waals surface area (Å²) in [5, 5.41) is 14.1. The minimum absolute atomic E-state index is 0.0221. The highest BCUT2D eigenvalue weighted by atomic mass is 35.5. The molecule has 1 fully saturated rings. The first-order valence-electron chi connectivity index (χ1n) is 7.79. The Morgan fingerprint density at radius 1 is 1.22 bits per heavy atom.